The number of nitriles is 1. The Morgan fingerprint density at radius 3 is 2.95 bits per heavy atom. The summed E-state index contributed by atoms with van der Waals surface area (Å²) in [5.74, 6) is -0.200. The first-order valence-electron chi connectivity index (χ1n) is 5.45. The number of pyridine rings is 1. The van der Waals surface area contributed by atoms with Gasteiger partial charge in [-0.05, 0) is 34.1 Å². The van der Waals surface area contributed by atoms with E-state index in [1.165, 1.54) is 12.4 Å². The van der Waals surface area contributed by atoms with Crippen LogP contribution in [0.25, 0.3) is 0 Å². The van der Waals surface area contributed by atoms with Gasteiger partial charge in [0.1, 0.15) is 6.07 Å². The number of hydrogen-bond acceptors (Lipinski definition) is 4. The van der Waals surface area contributed by atoms with Crippen molar-refractivity contribution in [3.63, 3.8) is 0 Å². The third-order valence-corrected chi connectivity index (χ3v) is 4.15. The first-order chi connectivity index (χ1) is 9.11. The smallest absolute Gasteiger partial charge is 0.256 e. The number of nitrogens with zero attached hydrogens (tertiary/aromatic N) is 3. The molecule has 6 heteroatoms. The van der Waals surface area contributed by atoms with Gasteiger partial charge in [0.15, 0.2) is 0 Å². The average Bonchev–Trinajstić information content (AvgIpc) is 2.83. The summed E-state index contributed by atoms with van der Waals surface area (Å²) in [6.45, 7) is 0.509. The molecule has 0 unspecified atom stereocenters. The summed E-state index contributed by atoms with van der Waals surface area (Å²) in [6, 6.07) is 7.46. The maximum atomic E-state index is 12.3. The Morgan fingerprint density at radius 2 is 2.32 bits per heavy atom. The Hall–Kier alpha value is -1.71. The molecule has 2 rings (SSSR count). The van der Waals surface area contributed by atoms with E-state index >= 15 is 0 Å². The molecule has 0 aliphatic heterocycles. The highest BCUT2D eigenvalue weighted by Crippen LogP contribution is 2.23. The van der Waals surface area contributed by atoms with E-state index in [0.29, 0.717) is 17.7 Å². The van der Waals surface area contributed by atoms with E-state index in [9.17, 15) is 4.79 Å². The number of carbonyl (C=O) groups excluding carboxylic acids is 1. The third kappa shape index (κ3) is 3.19. The molecule has 96 valence electrons. The summed E-state index contributed by atoms with van der Waals surface area (Å²) in [7, 11) is 1.71. The highest BCUT2D eigenvalue weighted by Gasteiger charge is 2.16. The third-order valence-electron chi connectivity index (χ3n) is 2.54. The SMILES string of the molecule is CN(Cc1ccc(Br)s1)C(=O)c1cnccc1C#N. The molecule has 2 aromatic heterocycles. The lowest BCUT2D eigenvalue weighted by molar-refractivity contribution is 0.0785. The highest BCUT2D eigenvalue weighted by molar-refractivity contribution is 9.11. The van der Waals surface area contributed by atoms with Gasteiger partial charge in [-0.3, -0.25) is 9.78 Å². The van der Waals surface area contributed by atoms with Crippen LogP contribution in [-0.2, 0) is 6.54 Å². The monoisotopic (exact) mass is 335 g/mol. The zero-order chi connectivity index (χ0) is 13.8. The zero-order valence-electron chi connectivity index (χ0n) is 10.1. The largest absolute Gasteiger partial charge is 0.336 e. The molecule has 4 nitrogen and oxygen atoms in total. The normalized spacial score (nSPS) is 9.95. The van der Waals surface area contributed by atoms with Crippen molar-refractivity contribution in [3.8, 4) is 6.07 Å². The highest BCUT2D eigenvalue weighted by atomic mass is 79.9. The Balaban J connectivity index is 2.17. The summed E-state index contributed by atoms with van der Waals surface area (Å²) in [5, 5.41) is 8.99. The van der Waals surface area contributed by atoms with Gasteiger partial charge in [0.2, 0.25) is 0 Å². The van der Waals surface area contributed by atoms with Crippen LogP contribution in [0.5, 0.6) is 0 Å². The van der Waals surface area contributed by atoms with Gasteiger partial charge < -0.3 is 4.90 Å². The molecule has 0 aliphatic rings. The fraction of sp³-hybridized carbons (Fsp3) is 0.154. The van der Waals surface area contributed by atoms with Crippen LogP contribution in [0.15, 0.2) is 34.4 Å². The van der Waals surface area contributed by atoms with Gasteiger partial charge in [-0.1, -0.05) is 0 Å². The molecule has 0 aliphatic carbocycles. The molecule has 0 bridgehead atoms. The minimum atomic E-state index is -0.200. The lowest BCUT2D eigenvalue weighted by Gasteiger charge is -2.16. The second-order valence-electron chi connectivity index (χ2n) is 3.90. The zero-order valence-corrected chi connectivity index (χ0v) is 12.5. The van der Waals surface area contributed by atoms with Crippen molar-refractivity contribution >= 4 is 33.2 Å². The minimum Gasteiger partial charge on any atom is -0.336 e. The van der Waals surface area contributed by atoms with Crippen LogP contribution in [-0.4, -0.2) is 22.8 Å². The maximum absolute atomic E-state index is 12.3. The summed E-state index contributed by atoms with van der Waals surface area (Å²) in [4.78, 5) is 18.8. The Labute approximate surface area is 123 Å². The number of amides is 1. The second-order valence-corrected chi connectivity index (χ2v) is 6.45. The molecule has 0 fully saturated rings. The van der Waals surface area contributed by atoms with Crippen LogP contribution in [0.3, 0.4) is 0 Å². The Bertz CT molecular complexity index is 647. The van der Waals surface area contributed by atoms with Crippen LogP contribution in [0, 0.1) is 11.3 Å². The fourth-order valence-electron chi connectivity index (χ4n) is 1.61. The molecule has 2 aromatic rings. The van der Waals surface area contributed by atoms with Gasteiger partial charge in [0, 0.05) is 24.3 Å². The van der Waals surface area contributed by atoms with Crippen molar-refractivity contribution in [2.24, 2.45) is 0 Å². The van der Waals surface area contributed by atoms with Crippen LogP contribution in [0.2, 0.25) is 0 Å². The van der Waals surface area contributed by atoms with Crippen molar-refractivity contribution < 1.29 is 4.79 Å². The van der Waals surface area contributed by atoms with Crippen LogP contribution < -0.4 is 0 Å². The van der Waals surface area contributed by atoms with Crippen molar-refractivity contribution in [2.75, 3.05) is 7.05 Å². The van der Waals surface area contributed by atoms with Crippen molar-refractivity contribution in [1.82, 2.24) is 9.88 Å². The van der Waals surface area contributed by atoms with E-state index in [1.807, 2.05) is 18.2 Å². The van der Waals surface area contributed by atoms with Gasteiger partial charge in [-0.15, -0.1) is 11.3 Å². The molecule has 0 N–H and O–H groups in total. The Kier molecular flexibility index (Phi) is 4.30. The number of halogens is 1. The van der Waals surface area contributed by atoms with E-state index in [4.69, 9.17) is 5.26 Å². The van der Waals surface area contributed by atoms with Gasteiger partial charge in [-0.25, -0.2) is 0 Å². The van der Waals surface area contributed by atoms with E-state index in [2.05, 4.69) is 20.9 Å². The second kappa shape index (κ2) is 5.95. The molecular formula is C13H10BrN3OS. The molecule has 0 atom stereocenters. The molecular weight excluding hydrogens is 326 g/mol. The average molecular weight is 336 g/mol. The topological polar surface area (TPSA) is 57.0 Å². The van der Waals surface area contributed by atoms with Crippen LogP contribution in [0.1, 0.15) is 20.8 Å². The van der Waals surface area contributed by atoms with E-state index < -0.39 is 0 Å². The number of aromatic nitrogens is 1. The summed E-state index contributed by atoms with van der Waals surface area (Å²) < 4.78 is 1.03. The molecule has 0 aromatic carbocycles. The minimum absolute atomic E-state index is 0.200. The first kappa shape index (κ1) is 13.7. The molecule has 1 amide bonds. The first-order valence-corrected chi connectivity index (χ1v) is 7.06. The number of rotatable bonds is 3. The van der Waals surface area contributed by atoms with Gasteiger partial charge in [0.05, 0.1) is 21.5 Å². The molecule has 2 heterocycles. The predicted molar refractivity (Wildman–Crippen MR) is 76.8 cm³/mol. The number of thiophene rings is 1. The van der Waals surface area contributed by atoms with E-state index in [0.717, 1.165) is 8.66 Å². The van der Waals surface area contributed by atoms with Crippen molar-refractivity contribution in [2.45, 2.75) is 6.54 Å². The lowest BCUT2D eigenvalue weighted by atomic mass is 10.1. The lowest BCUT2D eigenvalue weighted by Crippen LogP contribution is -2.26. The molecule has 0 saturated heterocycles. The summed E-state index contributed by atoms with van der Waals surface area (Å²) in [6.07, 6.45) is 2.94. The van der Waals surface area contributed by atoms with Crippen LogP contribution >= 0.6 is 27.3 Å². The molecule has 19 heavy (non-hydrogen) atoms. The van der Waals surface area contributed by atoms with E-state index in [1.54, 1.807) is 29.4 Å². The van der Waals surface area contributed by atoms with Gasteiger partial charge in [0.25, 0.3) is 5.91 Å². The predicted octanol–water partition coefficient (Wildman–Crippen LogP) is 3.05. The number of carbonyl (C=O) groups is 1. The molecule has 0 saturated carbocycles. The molecule has 0 radical (unpaired) electrons. The Morgan fingerprint density at radius 1 is 1.53 bits per heavy atom. The maximum Gasteiger partial charge on any atom is 0.256 e. The van der Waals surface area contributed by atoms with Crippen LogP contribution in [0.4, 0.5) is 0 Å². The standard InChI is InChI=1S/C13H10BrN3OS/c1-17(8-10-2-3-12(14)19-10)13(18)11-7-16-5-4-9(11)6-15/h2-5,7H,8H2,1H3. The van der Waals surface area contributed by atoms with E-state index in [-0.39, 0.29) is 5.91 Å². The van der Waals surface area contributed by atoms with Gasteiger partial charge >= 0.3 is 0 Å². The molecule has 0 spiro atoms. The number of hydrogen-bond donors (Lipinski definition) is 0. The van der Waals surface area contributed by atoms with Crippen molar-refractivity contribution in [1.29, 1.82) is 5.26 Å². The quantitative estimate of drug-likeness (QED) is 0.866. The summed E-state index contributed by atoms with van der Waals surface area (Å²) in [5.41, 5.74) is 0.683. The van der Waals surface area contributed by atoms with Gasteiger partial charge in [-0.2, -0.15) is 5.26 Å². The van der Waals surface area contributed by atoms with Crippen molar-refractivity contribution in [3.05, 3.63) is 50.4 Å². The summed E-state index contributed by atoms with van der Waals surface area (Å²) >= 11 is 4.97. The fourth-order valence-corrected chi connectivity index (χ4v) is 3.15.